The van der Waals surface area contributed by atoms with Crippen LogP contribution in [-0.4, -0.2) is 17.8 Å². The Balaban J connectivity index is 2.42. The number of halogens is 1. The average Bonchev–Trinajstić information content (AvgIpc) is 2.61. The molecule has 0 spiro atoms. The van der Waals surface area contributed by atoms with Crippen LogP contribution in [0.3, 0.4) is 0 Å². The quantitative estimate of drug-likeness (QED) is 0.789. The zero-order valence-corrected chi connectivity index (χ0v) is 9.80. The summed E-state index contributed by atoms with van der Waals surface area (Å²) < 4.78 is 5.07. The van der Waals surface area contributed by atoms with Gasteiger partial charge in [0.25, 0.3) is 5.91 Å². The first-order valence-corrected chi connectivity index (χ1v) is 5.59. The number of aryl methyl sites for hydroxylation is 1. The van der Waals surface area contributed by atoms with Gasteiger partial charge in [0, 0.05) is 11.9 Å². The van der Waals surface area contributed by atoms with E-state index < -0.39 is 0 Å². The van der Waals surface area contributed by atoms with E-state index in [9.17, 15) is 4.79 Å². The molecule has 3 nitrogen and oxygen atoms in total. The Morgan fingerprint density at radius 3 is 2.93 bits per heavy atom. The van der Waals surface area contributed by atoms with Crippen LogP contribution in [0.1, 0.15) is 35.9 Å². The van der Waals surface area contributed by atoms with Gasteiger partial charge in [0.1, 0.15) is 12.0 Å². The number of carbonyl (C=O) groups is 1. The number of amides is 1. The number of hydrogen-bond acceptors (Lipinski definition) is 2. The van der Waals surface area contributed by atoms with E-state index >= 15 is 0 Å². The molecule has 1 aromatic heterocycles. The third-order valence-electron chi connectivity index (χ3n) is 2.14. The summed E-state index contributed by atoms with van der Waals surface area (Å²) in [6.07, 6.45) is 3.28. The van der Waals surface area contributed by atoms with E-state index in [4.69, 9.17) is 16.0 Å². The molecule has 1 N–H and O–H groups in total. The molecule has 0 aliphatic carbocycles. The Hall–Kier alpha value is -0.960. The van der Waals surface area contributed by atoms with Gasteiger partial charge in [0.05, 0.1) is 5.56 Å². The lowest BCUT2D eigenvalue weighted by Crippen LogP contribution is -2.32. The lowest BCUT2D eigenvalue weighted by atomic mass is 10.2. The lowest BCUT2D eigenvalue weighted by Gasteiger charge is -2.11. The summed E-state index contributed by atoms with van der Waals surface area (Å²) in [5, 5.41) is 2.89. The number of rotatable bonds is 5. The zero-order valence-electron chi connectivity index (χ0n) is 9.05. The molecule has 0 saturated carbocycles. The van der Waals surface area contributed by atoms with E-state index in [1.54, 1.807) is 6.07 Å². The normalized spacial score (nSPS) is 12.5. The van der Waals surface area contributed by atoms with Gasteiger partial charge in [-0.05, 0) is 32.8 Å². The zero-order chi connectivity index (χ0) is 11.3. The van der Waals surface area contributed by atoms with E-state index in [-0.39, 0.29) is 11.9 Å². The van der Waals surface area contributed by atoms with Gasteiger partial charge in [-0.2, -0.15) is 0 Å². The van der Waals surface area contributed by atoms with Crippen molar-refractivity contribution in [1.82, 2.24) is 5.32 Å². The lowest BCUT2D eigenvalue weighted by molar-refractivity contribution is 0.0937. The summed E-state index contributed by atoms with van der Waals surface area (Å²) in [5.41, 5.74) is 0.574. The van der Waals surface area contributed by atoms with E-state index in [2.05, 4.69) is 5.32 Å². The minimum atomic E-state index is -0.0890. The Morgan fingerprint density at radius 1 is 1.67 bits per heavy atom. The molecule has 84 valence electrons. The molecule has 4 heteroatoms. The van der Waals surface area contributed by atoms with Gasteiger partial charge >= 0.3 is 0 Å². The number of alkyl halides is 1. The summed E-state index contributed by atoms with van der Waals surface area (Å²) >= 11 is 5.57. The highest BCUT2D eigenvalue weighted by atomic mass is 35.5. The summed E-state index contributed by atoms with van der Waals surface area (Å²) in [7, 11) is 0. The molecular formula is C11H16ClNO2. The van der Waals surface area contributed by atoms with Crippen LogP contribution in [0.5, 0.6) is 0 Å². The number of hydrogen-bond donors (Lipinski definition) is 1. The molecule has 0 aromatic carbocycles. The van der Waals surface area contributed by atoms with Crippen molar-refractivity contribution in [2.45, 2.75) is 32.7 Å². The molecule has 1 heterocycles. The van der Waals surface area contributed by atoms with Crippen molar-refractivity contribution < 1.29 is 9.21 Å². The van der Waals surface area contributed by atoms with Gasteiger partial charge in [0.2, 0.25) is 0 Å². The summed E-state index contributed by atoms with van der Waals surface area (Å²) in [6, 6.07) is 1.87. The van der Waals surface area contributed by atoms with Gasteiger partial charge in [0.15, 0.2) is 0 Å². The Labute approximate surface area is 94.8 Å². The second kappa shape index (κ2) is 5.81. The molecule has 1 atom stereocenters. The standard InChI is InChI=1S/C11H16ClNO2/c1-8(4-3-5-12)13-11(14)10-6-9(2)15-7-10/h6-8H,3-5H2,1-2H3,(H,13,14). The van der Waals surface area contributed by atoms with Crippen LogP contribution in [0.4, 0.5) is 0 Å². The predicted molar refractivity (Wildman–Crippen MR) is 60.3 cm³/mol. The molecule has 0 aliphatic heterocycles. The van der Waals surface area contributed by atoms with Crippen LogP contribution in [0.2, 0.25) is 0 Å². The second-order valence-electron chi connectivity index (χ2n) is 3.65. The average molecular weight is 230 g/mol. The minimum absolute atomic E-state index is 0.0890. The third-order valence-corrected chi connectivity index (χ3v) is 2.41. The third kappa shape index (κ3) is 3.96. The van der Waals surface area contributed by atoms with Gasteiger partial charge in [-0.15, -0.1) is 11.6 Å². The summed E-state index contributed by atoms with van der Waals surface area (Å²) in [6.45, 7) is 3.78. The molecule has 0 bridgehead atoms. The van der Waals surface area contributed by atoms with E-state index in [1.165, 1.54) is 6.26 Å². The molecule has 0 fully saturated rings. The minimum Gasteiger partial charge on any atom is -0.469 e. The Bertz CT molecular complexity index is 322. The molecule has 1 amide bonds. The fourth-order valence-electron chi connectivity index (χ4n) is 1.33. The Morgan fingerprint density at radius 2 is 2.40 bits per heavy atom. The fourth-order valence-corrected chi connectivity index (χ4v) is 1.48. The first-order chi connectivity index (χ1) is 7.13. The van der Waals surface area contributed by atoms with Gasteiger partial charge in [-0.25, -0.2) is 0 Å². The smallest absolute Gasteiger partial charge is 0.254 e. The van der Waals surface area contributed by atoms with Gasteiger partial charge in [-0.3, -0.25) is 4.79 Å². The number of furan rings is 1. The largest absolute Gasteiger partial charge is 0.469 e. The topological polar surface area (TPSA) is 42.2 Å². The first kappa shape index (κ1) is 12.1. The van der Waals surface area contributed by atoms with Crippen molar-refractivity contribution in [3.05, 3.63) is 23.7 Å². The van der Waals surface area contributed by atoms with Crippen LogP contribution >= 0.6 is 11.6 Å². The molecular weight excluding hydrogens is 214 g/mol. The van der Waals surface area contributed by atoms with Crippen molar-refractivity contribution in [2.24, 2.45) is 0 Å². The highest BCUT2D eigenvalue weighted by molar-refractivity contribution is 6.17. The van der Waals surface area contributed by atoms with Crippen LogP contribution in [0.15, 0.2) is 16.7 Å². The maximum atomic E-state index is 11.6. The second-order valence-corrected chi connectivity index (χ2v) is 4.03. The number of nitrogens with one attached hydrogen (secondary N) is 1. The molecule has 0 radical (unpaired) electrons. The molecule has 0 saturated heterocycles. The van der Waals surface area contributed by atoms with Gasteiger partial charge in [-0.1, -0.05) is 0 Å². The van der Waals surface area contributed by atoms with Crippen LogP contribution < -0.4 is 5.32 Å². The van der Waals surface area contributed by atoms with Gasteiger partial charge < -0.3 is 9.73 Å². The monoisotopic (exact) mass is 229 g/mol. The van der Waals surface area contributed by atoms with E-state index in [0.29, 0.717) is 11.4 Å². The fraction of sp³-hybridized carbons (Fsp3) is 0.545. The van der Waals surface area contributed by atoms with Crippen molar-refractivity contribution in [1.29, 1.82) is 0 Å². The van der Waals surface area contributed by atoms with E-state index in [1.807, 2.05) is 13.8 Å². The maximum absolute atomic E-state index is 11.6. The van der Waals surface area contributed by atoms with Crippen LogP contribution in [0, 0.1) is 6.92 Å². The van der Waals surface area contributed by atoms with Crippen molar-refractivity contribution in [2.75, 3.05) is 5.88 Å². The van der Waals surface area contributed by atoms with Crippen molar-refractivity contribution in [3.8, 4) is 0 Å². The van der Waals surface area contributed by atoms with Crippen LogP contribution in [0.25, 0.3) is 0 Å². The van der Waals surface area contributed by atoms with Crippen molar-refractivity contribution in [3.63, 3.8) is 0 Å². The molecule has 1 rings (SSSR count). The SMILES string of the molecule is Cc1cc(C(=O)NC(C)CCCCl)co1. The molecule has 15 heavy (non-hydrogen) atoms. The molecule has 1 unspecified atom stereocenters. The maximum Gasteiger partial charge on any atom is 0.254 e. The first-order valence-electron chi connectivity index (χ1n) is 5.05. The highest BCUT2D eigenvalue weighted by Crippen LogP contribution is 2.07. The Kier molecular flexibility index (Phi) is 4.69. The molecule has 1 aromatic rings. The van der Waals surface area contributed by atoms with E-state index in [0.717, 1.165) is 18.6 Å². The molecule has 0 aliphatic rings. The number of carbonyl (C=O) groups excluding carboxylic acids is 1. The summed E-state index contributed by atoms with van der Waals surface area (Å²) in [5.74, 6) is 1.29. The van der Waals surface area contributed by atoms with Crippen molar-refractivity contribution >= 4 is 17.5 Å². The predicted octanol–water partition coefficient (Wildman–Crippen LogP) is 2.73. The highest BCUT2D eigenvalue weighted by Gasteiger charge is 2.11. The van der Waals surface area contributed by atoms with Crippen LogP contribution in [-0.2, 0) is 0 Å². The summed E-state index contributed by atoms with van der Waals surface area (Å²) in [4.78, 5) is 11.6.